The Labute approximate surface area is 211 Å². The molecule has 0 aromatic carbocycles. The molecule has 2 aliphatic rings. The first-order valence-electron chi connectivity index (χ1n) is 11.4. The van der Waals surface area contributed by atoms with Gasteiger partial charge in [-0.05, 0) is 42.3 Å². The fourth-order valence-corrected chi connectivity index (χ4v) is 6.06. The van der Waals surface area contributed by atoms with Gasteiger partial charge in [0.2, 0.25) is 5.78 Å². The number of anilines is 1. The van der Waals surface area contributed by atoms with Gasteiger partial charge in [-0.3, -0.25) is 13.7 Å². The molecule has 1 fully saturated rings. The monoisotopic (exact) mass is 534 g/mol. The molecular weight excluding hydrogens is 508 g/mol. The van der Waals surface area contributed by atoms with Gasteiger partial charge in [-0.25, -0.2) is 9.97 Å². The second kappa shape index (κ2) is 9.95. The Morgan fingerprint density at radius 2 is 2.17 bits per heavy atom. The molecule has 0 amide bonds. The molecule has 1 aliphatic carbocycles. The summed E-state index contributed by atoms with van der Waals surface area (Å²) < 4.78 is 38.5. The Morgan fingerprint density at radius 3 is 2.97 bits per heavy atom. The molecule has 3 N–H and O–H groups in total. The number of ketones is 1. The third kappa shape index (κ3) is 4.92. The fourth-order valence-electron chi connectivity index (χ4n) is 4.55. The van der Waals surface area contributed by atoms with Crippen LogP contribution in [-0.4, -0.2) is 71.0 Å². The summed E-state index contributed by atoms with van der Waals surface area (Å²) in [5.41, 5.74) is 3.17. The highest BCUT2D eigenvalue weighted by Crippen LogP contribution is 2.35. The van der Waals surface area contributed by atoms with Gasteiger partial charge in [0, 0.05) is 19.3 Å². The van der Waals surface area contributed by atoms with E-state index in [1.807, 2.05) is 29.2 Å². The predicted octanol–water partition coefficient (Wildman–Crippen LogP) is 1.18. The number of carbonyl (C=O) groups is 1. The van der Waals surface area contributed by atoms with Crippen molar-refractivity contribution in [1.29, 1.82) is 0 Å². The highest BCUT2D eigenvalue weighted by molar-refractivity contribution is 7.84. The Bertz CT molecular complexity index is 1370. The molecule has 192 valence electrons. The smallest absolute Gasteiger partial charge is 0.335 e. The molecule has 0 radical (unpaired) electrons. The van der Waals surface area contributed by atoms with Crippen molar-refractivity contribution >= 4 is 33.2 Å². The molecule has 3 aromatic rings. The van der Waals surface area contributed by atoms with Gasteiger partial charge in [0.05, 0.1) is 41.6 Å². The van der Waals surface area contributed by atoms with E-state index < -0.39 is 22.5 Å². The third-order valence-electron chi connectivity index (χ3n) is 6.33. The van der Waals surface area contributed by atoms with Crippen molar-refractivity contribution in [2.24, 2.45) is 0 Å². The van der Waals surface area contributed by atoms with E-state index in [1.54, 1.807) is 0 Å². The first-order valence-corrected chi connectivity index (χ1v) is 13.7. The number of hydrogen-bond acceptors (Lipinski definition) is 11. The summed E-state index contributed by atoms with van der Waals surface area (Å²) in [5, 5.41) is 19.7. The van der Waals surface area contributed by atoms with E-state index in [-0.39, 0.29) is 36.3 Å². The van der Waals surface area contributed by atoms with Crippen LogP contribution in [0.4, 0.5) is 5.82 Å². The molecule has 0 saturated heterocycles. The van der Waals surface area contributed by atoms with Crippen molar-refractivity contribution in [3.8, 4) is 0 Å². The Hall–Kier alpha value is -2.75. The maximum atomic E-state index is 13.4. The first kappa shape index (κ1) is 24.9. The number of carbonyl (C=O) groups excluding carboxylic acids is 1. The van der Waals surface area contributed by atoms with Crippen LogP contribution in [0, 0.1) is 6.92 Å². The number of aliphatic hydroxyl groups is 1. The van der Waals surface area contributed by atoms with Gasteiger partial charge in [0.25, 0.3) is 0 Å². The number of ether oxygens (including phenoxy) is 1. The summed E-state index contributed by atoms with van der Waals surface area (Å²) >= 11 is 1.31. The third-order valence-corrected chi connectivity index (χ3v) is 8.27. The summed E-state index contributed by atoms with van der Waals surface area (Å²) in [4.78, 5) is 22.2. The topological polar surface area (TPSA) is 158 Å². The second-order valence-electron chi connectivity index (χ2n) is 8.72. The molecule has 0 unspecified atom stereocenters. The molecule has 1 saturated carbocycles. The maximum absolute atomic E-state index is 13.4. The van der Waals surface area contributed by atoms with E-state index in [9.17, 15) is 18.3 Å². The van der Waals surface area contributed by atoms with E-state index >= 15 is 0 Å². The van der Waals surface area contributed by atoms with Crippen molar-refractivity contribution in [2.75, 3.05) is 19.0 Å². The normalized spacial score (nSPS) is 24.0. The Kier molecular flexibility index (Phi) is 6.89. The molecule has 14 heteroatoms. The van der Waals surface area contributed by atoms with Crippen molar-refractivity contribution in [2.45, 2.75) is 50.7 Å². The van der Waals surface area contributed by atoms with E-state index in [1.165, 1.54) is 30.9 Å². The molecule has 5 rings (SSSR count). The zero-order chi connectivity index (χ0) is 25.4. The Balaban J connectivity index is 1.33. The lowest BCUT2D eigenvalue weighted by molar-refractivity contribution is 0.0420. The van der Waals surface area contributed by atoms with Crippen LogP contribution < -0.4 is 10.0 Å². The molecule has 0 spiro atoms. The number of thiophene rings is 1. The van der Waals surface area contributed by atoms with Crippen LogP contribution in [0.5, 0.6) is 0 Å². The van der Waals surface area contributed by atoms with Crippen LogP contribution in [0.2, 0.25) is 0 Å². The van der Waals surface area contributed by atoms with Crippen LogP contribution in [0.3, 0.4) is 0 Å². The highest BCUT2D eigenvalue weighted by atomic mass is 32.2. The molecule has 4 heterocycles. The number of aliphatic hydroxyl groups excluding tert-OH is 1. The minimum absolute atomic E-state index is 0.217. The summed E-state index contributed by atoms with van der Waals surface area (Å²) in [6.07, 6.45) is 2.84. The zero-order valence-corrected chi connectivity index (χ0v) is 21.3. The lowest BCUT2D eigenvalue weighted by Gasteiger charge is -2.24. The van der Waals surface area contributed by atoms with Crippen LogP contribution in [0.15, 0.2) is 30.2 Å². The van der Waals surface area contributed by atoms with Crippen LogP contribution in [0.1, 0.15) is 51.0 Å². The molecule has 1 aliphatic heterocycles. The standard InChI is InChI=1S/C22H26N6O6S2/c1-12-8-26-28-3-4-33-21(19(12)28)13-5-18(35-10-13)20(30)15-9-24-11-25-22(15)27-14-6-16(29)17(7-14)34-36(31,32)23-2/h5,8-11,14,16-17,21,23,29H,3-4,6-7H2,1-2H3,(H,24,25,27)/t14-,16+,17-,21-/m1/s1. The average Bonchev–Trinajstić information content (AvgIpc) is 3.58. The van der Waals surface area contributed by atoms with E-state index in [4.69, 9.17) is 8.92 Å². The molecule has 12 nitrogen and oxygen atoms in total. The maximum Gasteiger partial charge on any atom is 0.335 e. The van der Waals surface area contributed by atoms with E-state index in [0.29, 0.717) is 23.8 Å². The van der Waals surface area contributed by atoms with E-state index in [0.717, 1.165) is 16.8 Å². The van der Waals surface area contributed by atoms with Gasteiger partial charge >= 0.3 is 10.3 Å². The molecule has 36 heavy (non-hydrogen) atoms. The summed E-state index contributed by atoms with van der Waals surface area (Å²) in [6, 6.07) is 1.47. The number of fused-ring (bicyclic) bond motifs is 1. The summed E-state index contributed by atoms with van der Waals surface area (Å²) in [5.74, 6) is 0.0570. The Morgan fingerprint density at radius 1 is 1.33 bits per heavy atom. The molecular formula is C22H26N6O6S2. The number of aromatic nitrogens is 4. The lowest BCUT2D eigenvalue weighted by atomic mass is 10.0. The number of hydrogen-bond donors (Lipinski definition) is 3. The lowest BCUT2D eigenvalue weighted by Crippen LogP contribution is -2.31. The van der Waals surface area contributed by atoms with Crippen molar-refractivity contribution < 1.29 is 27.2 Å². The van der Waals surface area contributed by atoms with Crippen molar-refractivity contribution in [1.82, 2.24) is 24.5 Å². The predicted molar refractivity (Wildman–Crippen MR) is 130 cm³/mol. The average molecular weight is 535 g/mol. The minimum atomic E-state index is -3.95. The molecule has 3 aromatic heterocycles. The van der Waals surface area contributed by atoms with Crippen LogP contribution in [-0.2, 0) is 25.8 Å². The minimum Gasteiger partial charge on any atom is -0.390 e. The largest absolute Gasteiger partial charge is 0.390 e. The fraction of sp³-hybridized carbons (Fsp3) is 0.455. The van der Waals surface area contributed by atoms with Crippen LogP contribution >= 0.6 is 11.3 Å². The highest BCUT2D eigenvalue weighted by Gasteiger charge is 2.37. The number of rotatable bonds is 8. The van der Waals surface area contributed by atoms with Gasteiger partial charge in [0.15, 0.2) is 0 Å². The summed E-state index contributed by atoms with van der Waals surface area (Å²) in [7, 11) is -2.71. The van der Waals surface area contributed by atoms with Gasteiger partial charge in [-0.1, -0.05) is 0 Å². The van der Waals surface area contributed by atoms with Crippen molar-refractivity contribution in [3.05, 3.63) is 57.4 Å². The second-order valence-corrected chi connectivity index (χ2v) is 11.1. The molecule has 4 atom stereocenters. The van der Waals surface area contributed by atoms with Crippen molar-refractivity contribution in [3.63, 3.8) is 0 Å². The molecule has 0 bridgehead atoms. The summed E-state index contributed by atoms with van der Waals surface area (Å²) in [6.45, 7) is 3.21. The SMILES string of the molecule is CNS(=O)(=O)O[C@@H]1C[C@H](Nc2ncncc2C(=O)c2cc([C@H]3OCCn4ncc(C)c43)cs2)C[C@@H]1O. The number of nitrogens with zero attached hydrogens (tertiary/aromatic N) is 4. The zero-order valence-electron chi connectivity index (χ0n) is 19.6. The first-order chi connectivity index (χ1) is 17.3. The van der Waals surface area contributed by atoms with Gasteiger partial charge in [-0.2, -0.15) is 18.2 Å². The van der Waals surface area contributed by atoms with Gasteiger partial charge in [-0.15, -0.1) is 11.3 Å². The number of aryl methyl sites for hydroxylation is 1. The van der Waals surface area contributed by atoms with Gasteiger partial charge < -0.3 is 15.2 Å². The quantitative estimate of drug-likeness (QED) is 0.358. The van der Waals surface area contributed by atoms with Gasteiger partial charge in [0.1, 0.15) is 24.4 Å². The van der Waals surface area contributed by atoms with E-state index in [2.05, 4.69) is 25.1 Å². The number of nitrogens with one attached hydrogen (secondary N) is 2. The van der Waals surface area contributed by atoms with Crippen LogP contribution in [0.25, 0.3) is 0 Å².